The average Bonchev–Trinajstić information content (AvgIpc) is 3.12. The molecule has 0 bridgehead atoms. The number of hydrogen-bond donors (Lipinski definition) is 0. The van der Waals surface area contributed by atoms with Crippen LogP contribution in [0.1, 0.15) is 55.8 Å². The van der Waals surface area contributed by atoms with Crippen LogP contribution in [0.15, 0.2) is 22.8 Å². The Kier molecular flexibility index (Phi) is 6.14. The second-order valence-electron chi connectivity index (χ2n) is 6.86. The molecule has 6 heteroatoms. The van der Waals surface area contributed by atoms with E-state index in [-0.39, 0.29) is 23.9 Å². The fraction of sp³-hybridized carbons (Fsp3) is 0.600. The molecule has 1 aromatic heterocycles. The second kappa shape index (κ2) is 8.35. The Morgan fingerprint density at radius 3 is 2.81 bits per heavy atom. The van der Waals surface area contributed by atoms with Crippen molar-refractivity contribution in [2.75, 3.05) is 13.7 Å². The van der Waals surface area contributed by atoms with Gasteiger partial charge in [0.1, 0.15) is 11.9 Å². The van der Waals surface area contributed by atoms with Crippen LogP contribution < -0.4 is 0 Å². The number of thiocarbonyl (C=S) groups is 1. The number of furan rings is 1. The van der Waals surface area contributed by atoms with E-state index in [9.17, 15) is 4.79 Å². The van der Waals surface area contributed by atoms with Gasteiger partial charge in [-0.2, -0.15) is 0 Å². The van der Waals surface area contributed by atoms with E-state index in [1.54, 1.807) is 32.4 Å². The van der Waals surface area contributed by atoms with Gasteiger partial charge in [-0.15, -0.1) is 0 Å². The second-order valence-corrected chi connectivity index (χ2v) is 7.30. The summed E-state index contributed by atoms with van der Waals surface area (Å²) < 4.78 is 22.3. The maximum absolute atomic E-state index is 11.8. The molecule has 0 radical (unpaired) electrons. The molecule has 2 aliphatic rings. The molecular weight excluding hydrogens is 352 g/mol. The van der Waals surface area contributed by atoms with Crippen molar-refractivity contribution in [2.45, 2.75) is 51.7 Å². The van der Waals surface area contributed by atoms with Gasteiger partial charge in [0.2, 0.25) is 5.76 Å². The van der Waals surface area contributed by atoms with Crippen molar-refractivity contribution in [3.05, 3.63) is 29.9 Å². The molecule has 0 spiro atoms. The molecule has 4 unspecified atom stereocenters. The predicted octanol–water partition coefficient (Wildman–Crippen LogP) is 4.41. The molecule has 3 rings (SSSR count). The zero-order valence-corrected chi connectivity index (χ0v) is 16.3. The van der Waals surface area contributed by atoms with E-state index in [1.165, 1.54) is 0 Å². The zero-order chi connectivity index (χ0) is 18.7. The molecule has 4 atom stereocenters. The normalized spacial score (nSPS) is 28.1. The van der Waals surface area contributed by atoms with Gasteiger partial charge in [0.25, 0.3) is 0 Å². The van der Waals surface area contributed by atoms with Gasteiger partial charge in [-0.25, -0.2) is 4.79 Å². The number of ether oxygens (including phenoxy) is 3. The molecule has 26 heavy (non-hydrogen) atoms. The Morgan fingerprint density at radius 2 is 2.12 bits per heavy atom. The summed E-state index contributed by atoms with van der Waals surface area (Å²) in [4.78, 5) is 12.7. The quantitative estimate of drug-likeness (QED) is 0.540. The number of rotatable bonds is 6. The van der Waals surface area contributed by atoms with Crippen molar-refractivity contribution in [3.8, 4) is 0 Å². The Bertz CT molecular complexity index is 692. The van der Waals surface area contributed by atoms with E-state index >= 15 is 0 Å². The first kappa shape index (κ1) is 19.1. The first-order chi connectivity index (χ1) is 12.6. The summed E-state index contributed by atoms with van der Waals surface area (Å²) in [5.74, 6) is 0.920. The standard InChI is InChI=1S/C20H26O5S/c1-4-6-12-9-13-18(10-17(12)22-3)24-11-14(19(13)26)15-7-8-16(25-15)20(21)23-5-2/h7-8,11-13,17-18H,4-6,9-10H2,1-3H3. The topological polar surface area (TPSA) is 57.9 Å². The highest BCUT2D eigenvalue weighted by molar-refractivity contribution is 7.81. The van der Waals surface area contributed by atoms with Crippen LogP contribution in [-0.4, -0.2) is 36.8 Å². The van der Waals surface area contributed by atoms with Crippen LogP contribution >= 0.6 is 12.2 Å². The highest BCUT2D eigenvalue weighted by Crippen LogP contribution is 2.42. The van der Waals surface area contributed by atoms with E-state index < -0.39 is 5.97 Å². The summed E-state index contributed by atoms with van der Waals surface area (Å²) in [7, 11) is 1.77. The Balaban J connectivity index is 1.79. The van der Waals surface area contributed by atoms with Crippen molar-refractivity contribution in [2.24, 2.45) is 11.8 Å². The molecule has 1 aliphatic heterocycles. The molecule has 0 aromatic carbocycles. The third-order valence-corrected chi connectivity index (χ3v) is 5.79. The molecule has 0 N–H and O–H groups in total. The first-order valence-electron chi connectivity index (χ1n) is 9.28. The molecule has 1 fully saturated rings. The smallest absolute Gasteiger partial charge is 0.374 e. The molecule has 2 heterocycles. The van der Waals surface area contributed by atoms with Crippen molar-refractivity contribution in [1.29, 1.82) is 0 Å². The fourth-order valence-corrected chi connectivity index (χ4v) is 4.39. The monoisotopic (exact) mass is 378 g/mol. The summed E-state index contributed by atoms with van der Waals surface area (Å²) in [6.07, 6.45) is 5.98. The maximum atomic E-state index is 11.8. The van der Waals surface area contributed by atoms with Gasteiger partial charge in [-0.05, 0) is 37.8 Å². The number of esters is 1. The molecule has 1 aromatic rings. The summed E-state index contributed by atoms with van der Waals surface area (Å²) >= 11 is 5.78. The lowest BCUT2D eigenvalue weighted by Crippen LogP contribution is -2.45. The van der Waals surface area contributed by atoms with Crippen molar-refractivity contribution in [1.82, 2.24) is 0 Å². The number of methoxy groups -OCH3 is 1. The molecular formula is C20H26O5S. The van der Waals surface area contributed by atoms with E-state index in [2.05, 4.69) is 6.92 Å². The van der Waals surface area contributed by atoms with Crippen LogP contribution in [0, 0.1) is 11.8 Å². The molecule has 1 aliphatic carbocycles. The molecule has 5 nitrogen and oxygen atoms in total. The number of carbonyl (C=O) groups excluding carboxylic acids is 1. The predicted molar refractivity (Wildman–Crippen MR) is 102 cm³/mol. The number of allylic oxidation sites excluding steroid dienone is 1. The van der Waals surface area contributed by atoms with Gasteiger partial charge in [0, 0.05) is 24.3 Å². The number of fused-ring (bicyclic) bond motifs is 1. The average molecular weight is 378 g/mol. The van der Waals surface area contributed by atoms with Gasteiger partial charge in [-0.1, -0.05) is 25.6 Å². The zero-order valence-electron chi connectivity index (χ0n) is 15.5. The van der Waals surface area contributed by atoms with E-state index in [0.29, 0.717) is 18.3 Å². The summed E-state index contributed by atoms with van der Waals surface area (Å²) in [5.41, 5.74) is 0.753. The van der Waals surface area contributed by atoms with E-state index in [0.717, 1.165) is 36.1 Å². The van der Waals surface area contributed by atoms with Gasteiger partial charge in [0.15, 0.2) is 0 Å². The maximum Gasteiger partial charge on any atom is 0.374 e. The van der Waals surface area contributed by atoms with Crippen LogP contribution in [0.25, 0.3) is 5.57 Å². The Hall–Kier alpha value is -1.66. The molecule has 0 amide bonds. The van der Waals surface area contributed by atoms with E-state index in [4.69, 9.17) is 30.8 Å². The molecule has 142 valence electrons. The van der Waals surface area contributed by atoms with Gasteiger partial charge in [0.05, 0.1) is 24.5 Å². The number of hydrogen-bond acceptors (Lipinski definition) is 6. The van der Waals surface area contributed by atoms with Crippen LogP contribution in [-0.2, 0) is 14.2 Å². The lowest BCUT2D eigenvalue weighted by molar-refractivity contribution is -0.0480. The lowest BCUT2D eigenvalue weighted by atomic mass is 9.72. The van der Waals surface area contributed by atoms with Crippen molar-refractivity contribution in [3.63, 3.8) is 0 Å². The molecule has 1 saturated carbocycles. The van der Waals surface area contributed by atoms with Crippen LogP contribution in [0.5, 0.6) is 0 Å². The number of carbonyl (C=O) groups is 1. The minimum absolute atomic E-state index is 0.0452. The third kappa shape index (κ3) is 3.71. The SMILES string of the molecule is CCCC1CC2C(=S)C(c3ccc(C(=O)OCC)o3)=COC2CC1OC. The highest BCUT2D eigenvalue weighted by atomic mass is 32.1. The summed E-state index contributed by atoms with van der Waals surface area (Å²) in [6.45, 7) is 4.26. The summed E-state index contributed by atoms with van der Waals surface area (Å²) in [5, 5.41) is 0. The first-order valence-corrected chi connectivity index (χ1v) is 9.69. The van der Waals surface area contributed by atoms with Gasteiger partial charge < -0.3 is 18.6 Å². The third-order valence-electron chi connectivity index (χ3n) is 5.27. The minimum atomic E-state index is -0.469. The summed E-state index contributed by atoms with van der Waals surface area (Å²) in [6, 6.07) is 3.36. The Morgan fingerprint density at radius 1 is 1.31 bits per heavy atom. The molecule has 0 saturated heterocycles. The van der Waals surface area contributed by atoms with Crippen molar-refractivity contribution >= 4 is 28.6 Å². The lowest BCUT2D eigenvalue weighted by Gasteiger charge is -2.42. The highest BCUT2D eigenvalue weighted by Gasteiger charge is 2.43. The van der Waals surface area contributed by atoms with Gasteiger partial charge >= 0.3 is 5.97 Å². The van der Waals surface area contributed by atoms with Crippen molar-refractivity contribution < 1.29 is 23.4 Å². The van der Waals surface area contributed by atoms with Gasteiger partial charge in [-0.3, -0.25) is 0 Å². The fourth-order valence-electron chi connectivity index (χ4n) is 3.99. The van der Waals surface area contributed by atoms with Crippen LogP contribution in [0.4, 0.5) is 0 Å². The van der Waals surface area contributed by atoms with Crippen LogP contribution in [0.2, 0.25) is 0 Å². The van der Waals surface area contributed by atoms with Crippen LogP contribution in [0.3, 0.4) is 0 Å². The Labute approximate surface area is 159 Å². The largest absolute Gasteiger partial charge is 0.496 e. The minimum Gasteiger partial charge on any atom is -0.496 e. The van der Waals surface area contributed by atoms with E-state index in [1.807, 2.05) is 0 Å².